The molecule has 2 heterocycles. The van der Waals surface area contributed by atoms with E-state index in [1.807, 2.05) is 17.9 Å². The van der Waals surface area contributed by atoms with Crippen LogP contribution in [0.25, 0.3) is 10.1 Å². The average molecular weight is 286 g/mol. The van der Waals surface area contributed by atoms with Crippen LogP contribution in [-0.2, 0) is 6.54 Å². The summed E-state index contributed by atoms with van der Waals surface area (Å²) in [7, 11) is 1.99. The summed E-state index contributed by atoms with van der Waals surface area (Å²) in [5.41, 5.74) is 2.42. The Balaban J connectivity index is 2.07. The Labute approximate surface area is 122 Å². The maximum absolute atomic E-state index is 4.19. The van der Waals surface area contributed by atoms with Crippen LogP contribution in [0, 0.1) is 0 Å². The zero-order valence-corrected chi connectivity index (χ0v) is 12.5. The Bertz CT molecular complexity index is 701. The van der Waals surface area contributed by atoms with E-state index in [4.69, 9.17) is 0 Å². The highest BCUT2D eigenvalue weighted by atomic mass is 32.1. The normalized spacial score (nSPS) is 12.9. The van der Waals surface area contributed by atoms with E-state index in [1.165, 1.54) is 15.6 Å². The molecule has 2 aromatic heterocycles. The topological polar surface area (TPSA) is 42.7 Å². The van der Waals surface area contributed by atoms with Gasteiger partial charge in [0.25, 0.3) is 0 Å². The second-order valence-corrected chi connectivity index (χ2v) is 5.70. The first-order chi connectivity index (χ1) is 9.85. The van der Waals surface area contributed by atoms with Crippen molar-refractivity contribution in [1.29, 1.82) is 0 Å². The second kappa shape index (κ2) is 5.73. The van der Waals surface area contributed by atoms with Gasteiger partial charge in [0.2, 0.25) is 0 Å². The van der Waals surface area contributed by atoms with E-state index in [9.17, 15) is 0 Å². The third kappa shape index (κ3) is 2.23. The largest absolute Gasteiger partial charge is 0.308 e. The molecule has 0 saturated heterocycles. The molecule has 0 aliphatic heterocycles. The quantitative estimate of drug-likeness (QED) is 0.783. The first-order valence-electron chi connectivity index (χ1n) is 6.87. The lowest BCUT2D eigenvalue weighted by Crippen LogP contribution is -2.21. The molecule has 104 valence electrons. The summed E-state index contributed by atoms with van der Waals surface area (Å²) in [6.45, 7) is 3.05. The first kappa shape index (κ1) is 13.3. The van der Waals surface area contributed by atoms with Gasteiger partial charge >= 0.3 is 0 Å². The van der Waals surface area contributed by atoms with Crippen LogP contribution < -0.4 is 5.32 Å². The van der Waals surface area contributed by atoms with Crippen LogP contribution in [0.4, 0.5) is 0 Å². The Hall–Kier alpha value is -1.72. The van der Waals surface area contributed by atoms with E-state index < -0.39 is 0 Å². The van der Waals surface area contributed by atoms with Gasteiger partial charge in [0.15, 0.2) is 0 Å². The highest BCUT2D eigenvalue weighted by Crippen LogP contribution is 2.33. The maximum atomic E-state index is 4.19. The Morgan fingerprint density at radius 3 is 3.00 bits per heavy atom. The Morgan fingerprint density at radius 1 is 1.35 bits per heavy atom. The van der Waals surface area contributed by atoms with Crippen molar-refractivity contribution >= 4 is 21.4 Å². The number of nitrogens with zero attached hydrogens (tertiary/aromatic N) is 3. The fourth-order valence-electron chi connectivity index (χ4n) is 2.56. The number of aromatic nitrogens is 3. The number of aryl methyl sites for hydroxylation is 1. The summed E-state index contributed by atoms with van der Waals surface area (Å²) >= 11 is 1.78. The molecule has 0 fully saturated rings. The molecule has 0 amide bonds. The first-order valence-corrected chi connectivity index (χ1v) is 7.75. The number of thiophene rings is 1. The maximum Gasteiger partial charge on any atom is 0.0802 e. The molecule has 0 bridgehead atoms. The summed E-state index contributed by atoms with van der Waals surface area (Å²) in [5.74, 6) is 0. The highest BCUT2D eigenvalue weighted by Gasteiger charge is 2.20. The van der Waals surface area contributed by atoms with E-state index in [-0.39, 0.29) is 6.04 Å². The number of hydrogen-bond acceptors (Lipinski definition) is 4. The van der Waals surface area contributed by atoms with Crippen LogP contribution in [0.1, 0.15) is 30.6 Å². The molecule has 1 aromatic carbocycles. The zero-order valence-electron chi connectivity index (χ0n) is 11.7. The SMILES string of the molecule is CCCn1nncc1C(NC)c1csc2ccccc12. The van der Waals surface area contributed by atoms with E-state index in [0.29, 0.717) is 0 Å². The van der Waals surface area contributed by atoms with Crippen LogP contribution >= 0.6 is 11.3 Å². The van der Waals surface area contributed by atoms with Crippen molar-refractivity contribution < 1.29 is 0 Å². The van der Waals surface area contributed by atoms with Gasteiger partial charge in [-0.1, -0.05) is 30.3 Å². The summed E-state index contributed by atoms with van der Waals surface area (Å²) in [4.78, 5) is 0. The van der Waals surface area contributed by atoms with Gasteiger partial charge in [0, 0.05) is 11.2 Å². The van der Waals surface area contributed by atoms with Gasteiger partial charge in [-0.2, -0.15) is 0 Å². The van der Waals surface area contributed by atoms with Crippen molar-refractivity contribution in [3.05, 3.63) is 47.1 Å². The van der Waals surface area contributed by atoms with Gasteiger partial charge < -0.3 is 5.32 Å². The molecular weight excluding hydrogens is 268 g/mol. The van der Waals surface area contributed by atoms with Gasteiger partial charge in [-0.05, 0) is 35.9 Å². The second-order valence-electron chi connectivity index (χ2n) is 4.79. The lowest BCUT2D eigenvalue weighted by atomic mass is 10.0. The van der Waals surface area contributed by atoms with E-state index in [0.717, 1.165) is 18.7 Å². The zero-order chi connectivity index (χ0) is 13.9. The number of hydrogen-bond donors (Lipinski definition) is 1. The molecule has 3 aromatic rings. The number of benzene rings is 1. The Morgan fingerprint density at radius 2 is 2.20 bits per heavy atom. The molecule has 3 rings (SSSR count). The summed E-state index contributed by atoms with van der Waals surface area (Å²) < 4.78 is 3.31. The van der Waals surface area contributed by atoms with Crippen LogP contribution in [0.15, 0.2) is 35.8 Å². The molecule has 1 N–H and O–H groups in total. The summed E-state index contributed by atoms with van der Waals surface area (Å²) in [6, 6.07) is 8.65. The predicted octanol–water partition coefficient (Wildman–Crippen LogP) is 3.21. The fourth-order valence-corrected chi connectivity index (χ4v) is 3.55. The molecule has 0 aliphatic carbocycles. The van der Waals surface area contributed by atoms with Crippen molar-refractivity contribution in [2.24, 2.45) is 0 Å². The molecule has 1 unspecified atom stereocenters. The molecule has 0 spiro atoms. The van der Waals surface area contributed by atoms with Crippen molar-refractivity contribution in [3.63, 3.8) is 0 Å². The molecule has 0 aliphatic rings. The summed E-state index contributed by atoms with van der Waals surface area (Å²) in [6.07, 6.45) is 2.92. The Kier molecular flexibility index (Phi) is 3.80. The van der Waals surface area contributed by atoms with Crippen LogP contribution in [0.2, 0.25) is 0 Å². The van der Waals surface area contributed by atoms with Gasteiger partial charge in [-0.3, -0.25) is 0 Å². The average Bonchev–Trinajstić information content (AvgIpc) is 3.09. The monoisotopic (exact) mass is 286 g/mol. The molecule has 4 nitrogen and oxygen atoms in total. The van der Waals surface area contributed by atoms with Gasteiger partial charge in [0.05, 0.1) is 17.9 Å². The van der Waals surface area contributed by atoms with Crippen molar-refractivity contribution in [1.82, 2.24) is 20.3 Å². The van der Waals surface area contributed by atoms with Gasteiger partial charge in [-0.15, -0.1) is 16.4 Å². The number of rotatable bonds is 5. The number of nitrogens with one attached hydrogen (secondary N) is 1. The fraction of sp³-hybridized carbons (Fsp3) is 0.333. The minimum Gasteiger partial charge on any atom is -0.308 e. The predicted molar refractivity (Wildman–Crippen MR) is 83.0 cm³/mol. The molecule has 20 heavy (non-hydrogen) atoms. The molecular formula is C15H18N4S. The highest BCUT2D eigenvalue weighted by molar-refractivity contribution is 7.17. The van der Waals surface area contributed by atoms with E-state index >= 15 is 0 Å². The lowest BCUT2D eigenvalue weighted by molar-refractivity contribution is 0.525. The molecule has 5 heteroatoms. The van der Waals surface area contributed by atoms with Crippen molar-refractivity contribution in [2.75, 3.05) is 7.05 Å². The van der Waals surface area contributed by atoms with Gasteiger partial charge in [0.1, 0.15) is 0 Å². The molecule has 0 saturated carbocycles. The smallest absolute Gasteiger partial charge is 0.0802 e. The van der Waals surface area contributed by atoms with Crippen LogP contribution in [0.3, 0.4) is 0 Å². The van der Waals surface area contributed by atoms with Crippen LogP contribution in [-0.4, -0.2) is 22.0 Å². The minimum atomic E-state index is 0.132. The van der Waals surface area contributed by atoms with E-state index in [1.54, 1.807) is 11.3 Å². The summed E-state index contributed by atoms with van der Waals surface area (Å²) in [5, 5.41) is 15.2. The van der Waals surface area contributed by atoms with Crippen LogP contribution in [0.5, 0.6) is 0 Å². The lowest BCUT2D eigenvalue weighted by Gasteiger charge is -2.16. The third-order valence-corrected chi connectivity index (χ3v) is 4.47. The van der Waals surface area contributed by atoms with Gasteiger partial charge in [-0.25, -0.2) is 4.68 Å². The molecule has 1 atom stereocenters. The number of fused-ring (bicyclic) bond motifs is 1. The molecule has 0 radical (unpaired) electrons. The van der Waals surface area contributed by atoms with Crippen molar-refractivity contribution in [2.45, 2.75) is 25.9 Å². The van der Waals surface area contributed by atoms with Crippen molar-refractivity contribution in [3.8, 4) is 0 Å². The minimum absolute atomic E-state index is 0.132. The van der Waals surface area contributed by atoms with E-state index in [2.05, 4.69) is 52.2 Å². The third-order valence-electron chi connectivity index (χ3n) is 3.49. The standard InChI is InChI=1S/C15H18N4S/c1-3-8-19-13(9-17-18-19)15(16-2)12-10-20-14-7-5-4-6-11(12)14/h4-7,9-10,15-16H,3,8H2,1-2H3.